The van der Waals surface area contributed by atoms with Gasteiger partial charge in [0, 0.05) is 42.6 Å². The van der Waals surface area contributed by atoms with Crippen molar-refractivity contribution >= 4 is 9.84 Å². The number of nitrogens with zero attached hydrogens (tertiary/aromatic N) is 3. The van der Waals surface area contributed by atoms with Crippen LogP contribution >= 0.6 is 0 Å². The maximum absolute atomic E-state index is 12.8. The Balaban J connectivity index is 1.91. The molecule has 0 bridgehead atoms. The number of aromatic nitrogens is 3. The zero-order valence-corrected chi connectivity index (χ0v) is 19.2. The van der Waals surface area contributed by atoms with E-state index in [-0.39, 0.29) is 22.8 Å². The number of aliphatic hydroxyl groups excluding tert-OH is 1. The number of sulfone groups is 1. The highest BCUT2D eigenvalue weighted by Gasteiger charge is 2.27. The lowest BCUT2D eigenvalue weighted by Gasteiger charge is -2.21. The summed E-state index contributed by atoms with van der Waals surface area (Å²) >= 11 is 0. The van der Waals surface area contributed by atoms with Crippen LogP contribution in [0.25, 0.3) is 16.8 Å². The van der Waals surface area contributed by atoms with E-state index in [1.54, 1.807) is 59.8 Å². The molecule has 3 aromatic rings. The Morgan fingerprint density at radius 1 is 1.13 bits per heavy atom. The van der Waals surface area contributed by atoms with Crippen molar-refractivity contribution in [3.63, 3.8) is 0 Å². The SMILES string of the molecule is CCCn1cc(-n2cc(-c3ccc(S(=O)(=O)CC(C)(C)CO)cc3C)cn2)ccc1=O. The van der Waals surface area contributed by atoms with Gasteiger partial charge in [0.2, 0.25) is 0 Å². The highest BCUT2D eigenvalue weighted by Crippen LogP contribution is 2.28. The van der Waals surface area contributed by atoms with Gasteiger partial charge in [0.05, 0.1) is 22.5 Å². The zero-order chi connectivity index (χ0) is 22.8. The van der Waals surface area contributed by atoms with E-state index in [2.05, 4.69) is 5.10 Å². The third-order valence-electron chi connectivity index (χ3n) is 5.16. The van der Waals surface area contributed by atoms with Gasteiger partial charge >= 0.3 is 0 Å². The van der Waals surface area contributed by atoms with E-state index in [0.29, 0.717) is 6.54 Å². The van der Waals surface area contributed by atoms with Crippen LogP contribution in [0.4, 0.5) is 0 Å². The van der Waals surface area contributed by atoms with E-state index in [1.165, 1.54) is 6.07 Å². The van der Waals surface area contributed by atoms with E-state index in [1.807, 2.05) is 20.0 Å². The first kappa shape index (κ1) is 23.0. The molecular weight excluding hydrogens is 414 g/mol. The summed E-state index contributed by atoms with van der Waals surface area (Å²) in [6.07, 6.45) is 6.23. The molecule has 2 aromatic heterocycles. The number of rotatable bonds is 8. The second-order valence-corrected chi connectivity index (χ2v) is 10.6. The Labute approximate surface area is 182 Å². The molecule has 3 rings (SSSR count). The fraction of sp³-hybridized carbons (Fsp3) is 0.391. The molecule has 7 nitrogen and oxygen atoms in total. The van der Waals surface area contributed by atoms with Crippen LogP contribution in [0.2, 0.25) is 0 Å². The lowest BCUT2D eigenvalue weighted by Crippen LogP contribution is -2.27. The summed E-state index contributed by atoms with van der Waals surface area (Å²) in [5.74, 6) is -0.124. The van der Waals surface area contributed by atoms with E-state index in [9.17, 15) is 18.3 Å². The van der Waals surface area contributed by atoms with E-state index < -0.39 is 15.3 Å². The third kappa shape index (κ3) is 5.14. The minimum absolute atomic E-state index is 0.0463. The van der Waals surface area contributed by atoms with Gasteiger partial charge in [0.15, 0.2) is 9.84 Å². The second-order valence-electron chi connectivity index (χ2n) is 8.65. The molecule has 1 aromatic carbocycles. The standard InChI is InChI=1S/C23H29N3O4S/c1-5-10-25-14-19(6-9-22(25)28)26-13-18(12-24-26)21-8-7-20(11-17(21)2)31(29,30)16-23(3,4)15-27/h6-9,11-14,27H,5,10,15-16H2,1-4H3. The normalized spacial score (nSPS) is 12.3. The van der Waals surface area contributed by atoms with Crippen LogP contribution in [0.1, 0.15) is 32.8 Å². The molecule has 0 spiro atoms. The van der Waals surface area contributed by atoms with Gasteiger partial charge in [0.1, 0.15) is 0 Å². The van der Waals surface area contributed by atoms with Crippen molar-refractivity contribution < 1.29 is 13.5 Å². The van der Waals surface area contributed by atoms with Gasteiger partial charge < -0.3 is 9.67 Å². The Hall–Kier alpha value is -2.71. The van der Waals surface area contributed by atoms with Crippen molar-refractivity contribution in [3.05, 3.63) is 64.8 Å². The maximum atomic E-state index is 12.8. The first-order valence-corrected chi connectivity index (χ1v) is 11.9. The lowest BCUT2D eigenvalue weighted by atomic mass is 9.98. The van der Waals surface area contributed by atoms with Gasteiger partial charge in [-0.05, 0) is 42.7 Å². The summed E-state index contributed by atoms with van der Waals surface area (Å²) in [6, 6.07) is 8.32. The molecule has 0 saturated carbocycles. The van der Waals surface area contributed by atoms with Crippen molar-refractivity contribution in [2.45, 2.75) is 45.6 Å². The minimum Gasteiger partial charge on any atom is -0.396 e. The topological polar surface area (TPSA) is 94.2 Å². The van der Waals surface area contributed by atoms with Crippen molar-refractivity contribution in [1.29, 1.82) is 0 Å². The first-order valence-electron chi connectivity index (χ1n) is 10.3. The molecule has 1 N–H and O–H groups in total. The van der Waals surface area contributed by atoms with Gasteiger partial charge in [-0.3, -0.25) is 4.79 Å². The smallest absolute Gasteiger partial charge is 0.250 e. The number of aliphatic hydroxyl groups is 1. The van der Waals surface area contributed by atoms with Crippen LogP contribution in [-0.2, 0) is 16.4 Å². The van der Waals surface area contributed by atoms with Crippen molar-refractivity contribution in [2.24, 2.45) is 5.41 Å². The molecule has 8 heteroatoms. The highest BCUT2D eigenvalue weighted by molar-refractivity contribution is 7.91. The molecule has 0 saturated heterocycles. The summed E-state index contributed by atoms with van der Waals surface area (Å²) in [5.41, 5.74) is 2.58. The molecule has 0 fully saturated rings. The molecule has 0 aliphatic carbocycles. The van der Waals surface area contributed by atoms with Gasteiger partial charge in [0.25, 0.3) is 5.56 Å². The number of hydrogen-bond donors (Lipinski definition) is 1. The summed E-state index contributed by atoms with van der Waals surface area (Å²) in [4.78, 5) is 12.2. The fourth-order valence-electron chi connectivity index (χ4n) is 3.47. The first-order chi connectivity index (χ1) is 14.6. The Morgan fingerprint density at radius 3 is 2.52 bits per heavy atom. The van der Waals surface area contributed by atoms with Crippen LogP contribution in [0, 0.1) is 12.3 Å². The molecule has 2 heterocycles. The Kier molecular flexibility index (Phi) is 6.52. The number of pyridine rings is 1. The van der Waals surface area contributed by atoms with Crippen LogP contribution in [0.15, 0.2) is 58.6 Å². The fourth-order valence-corrected chi connectivity index (χ4v) is 5.39. The van der Waals surface area contributed by atoms with Crippen LogP contribution in [0.5, 0.6) is 0 Å². The molecule has 0 aliphatic heterocycles. The quantitative estimate of drug-likeness (QED) is 0.577. The van der Waals surface area contributed by atoms with Crippen molar-refractivity contribution in [2.75, 3.05) is 12.4 Å². The second kappa shape index (κ2) is 8.80. The van der Waals surface area contributed by atoms with E-state index in [0.717, 1.165) is 28.8 Å². The van der Waals surface area contributed by atoms with Crippen molar-refractivity contribution in [1.82, 2.24) is 14.3 Å². The predicted octanol–water partition coefficient (Wildman–Crippen LogP) is 3.21. The Morgan fingerprint density at radius 2 is 1.87 bits per heavy atom. The van der Waals surface area contributed by atoms with E-state index >= 15 is 0 Å². The van der Waals surface area contributed by atoms with Gasteiger partial charge in [-0.1, -0.05) is 26.8 Å². The summed E-state index contributed by atoms with van der Waals surface area (Å²) in [6.45, 7) is 7.78. The molecular formula is C23H29N3O4S. The molecule has 0 amide bonds. The van der Waals surface area contributed by atoms with Crippen LogP contribution < -0.4 is 5.56 Å². The van der Waals surface area contributed by atoms with Gasteiger partial charge in [-0.25, -0.2) is 13.1 Å². The molecule has 0 atom stereocenters. The number of benzene rings is 1. The molecule has 166 valence electrons. The predicted molar refractivity (Wildman–Crippen MR) is 121 cm³/mol. The molecule has 0 aliphatic rings. The van der Waals surface area contributed by atoms with Gasteiger partial charge in [-0.2, -0.15) is 5.10 Å². The monoisotopic (exact) mass is 443 g/mol. The van der Waals surface area contributed by atoms with Gasteiger partial charge in [-0.15, -0.1) is 0 Å². The van der Waals surface area contributed by atoms with Crippen LogP contribution in [-0.4, -0.2) is 40.2 Å². The molecule has 0 radical (unpaired) electrons. The maximum Gasteiger partial charge on any atom is 0.250 e. The summed E-state index contributed by atoms with van der Waals surface area (Å²) < 4.78 is 28.9. The van der Waals surface area contributed by atoms with Crippen LogP contribution in [0.3, 0.4) is 0 Å². The lowest BCUT2D eigenvalue weighted by molar-refractivity contribution is 0.179. The minimum atomic E-state index is -3.52. The zero-order valence-electron chi connectivity index (χ0n) is 18.4. The summed E-state index contributed by atoms with van der Waals surface area (Å²) in [7, 11) is -3.52. The average molecular weight is 444 g/mol. The van der Waals surface area contributed by atoms with E-state index in [4.69, 9.17) is 0 Å². The average Bonchev–Trinajstić information content (AvgIpc) is 3.19. The largest absolute Gasteiger partial charge is 0.396 e. The summed E-state index contributed by atoms with van der Waals surface area (Å²) in [5, 5.41) is 13.8. The van der Waals surface area contributed by atoms with Crippen molar-refractivity contribution in [3.8, 4) is 16.8 Å². The number of hydrogen-bond acceptors (Lipinski definition) is 5. The third-order valence-corrected chi connectivity index (χ3v) is 7.29. The molecule has 0 unspecified atom stereocenters. The Bertz CT molecular complexity index is 1240. The number of aryl methyl sites for hydroxylation is 2. The molecule has 31 heavy (non-hydrogen) atoms. The highest BCUT2D eigenvalue weighted by atomic mass is 32.2.